The molecule has 45 heavy (non-hydrogen) atoms. The third-order valence-corrected chi connectivity index (χ3v) is 9.83. The number of fused-ring (bicyclic) bond motifs is 12. The molecule has 0 aliphatic heterocycles. The van der Waals surface area contributed by atoms with Crippen molar-refractivity contribution in [1.29, 1.82) is 0 Å². The molecule has 0 aliphatic rings. The summed E-state index contributed by atoms with van der Waals surface area (Å²) in [6, 6.07) is 52.8. The standard InChI is InChI=1S/C42H24N2O/c1-5-13-36-28(9-1)29-10-2-6-14-37(29)43(36)27-18-20-41-33(24-27)32-21-25(17-19-40(32)45-41)26-22-34-30-11-3-7-15-38(30)44-39-16-8-4-12-31(39)35(23-26)42(34)44/h1-24H. The molecule has 0 atom stereocenters. The van der Waals surface area contributed by atoms with Crippen LogP contribution in [0.25, 0.3) is 98.7 Å². The second kappa shape index (κ2) is 8.31. The van der Waals surface area contributed by atoms with Crippen LogP contribution in [-0.2, 0) is 0 Å². The molecule has 7 aromatic carbocycles. The van der Waals surface area contributed by atoms with E-state index in [0.29, 0.717) is 0 Å². The summed E-state index contributed by atoms with van der Waals surface area (Å²) >= 11 is 0. The fraction of sp³-hybridized carbons (Fsp3) is 0. The maximum absolute atomic E-state index is 6.39. The average molecular weight is 573 g/mol. The molecule has 0 unspecified atom stereocenters. The fourth-order valence-corrected chi connectivity index (χ4v) is 7.90. The lowest BCUT2D eigenvalue weighted by Gasteiger charge is -2.08. The predicted octanol–water partition coefficient (Wildman–Crippen LogP) is 11.5. The Labute approximate surface area is 257 Å². The monoisotopic (exact) mass is 572 g/mol. The van der Waals surface area contributed by atoms with Crippen LogP contribution >= 0.6 is 0 Å². The first kappa shape index (κ1) is 23.4. The molecule has 4 heterocycles. The number of furan rings is 1. The molecule has 0 spiro atoms. The summed E-state index contributed by atoms with van der Waals surface area (Å²) in [5.41, 5.74) is 11.6. The summed E-state index contributed by atoms with van der Waals surface area (Å²) in [5.74, 6) is 0. The second-order valence-electron chi connectivity index (χ2n) is 12.2. The largest absolute Gasteiger partial charge is 0.456 e. The van der Waals surface area contributed by atoms with Crippen molar-refractivity contribution in [2.75, 3.05) is 0 Å². The second-order valence-corrected chi connectivity index (χ2v) is 12.2. The molecular formula is C42H24N2O. The summed E-state index contributed by atoms with van der Waals surface area (Å²) < 4.78 is 11.2. The number of para-hydroxylation sites is 4. The van der Waals surface area contributed by atoms with Gasteiger partial charge >= 0.3 is 0 Å². The molecule has 3 nitrogen and oxygen atoms in total. The Morgan fingerprint density at radius 2 is 0.822 bits per heavy atom. The number of hydrogen-bond donors (Lipinski definition) is 0. The van der Waals surface area contributed by atoms with Crippen molar-refractivity contribution in [3.05, 3.63) is 146 Å². The highest BCUT2D eigenvalue weighted by Crippen LogP contribution is 2.43. The summed E-state index contributed by atoms with van der Waals surface area (Å²) in [6.45, 7) is 0. The molecule has 0 bridgehead atoms. The molecule has 4 aromatic heterocycles. The Morgan fingerprint density at radius 3 is 1.42 bits per heavy atom. The first-order chi connectivity index (χ1) is 22.3. The third-order valence-electron chi connectivity index (χ3n) is 9.83. The van der Waals surface area contributed by atoms with Crippen molar-refractivity contribution >= 4 is 81.8 Å². The maximum Gasteiger partial charge on any atom is 0.135 e. The van der Waals surface area contributed by atoms with Gasteiger partial charge in [0, 0.05) is 48.8 Å². The van der Waals surface area contributed by atoms with Crippen LogP contribution in [0.5, 0.6) is 0 Å². The van der Waals surface area contributed by atoms with Crippen molar-refractivity contribution in [2.24, 2.45) is 0 Å². The molecule has 0 fully saturated rings. The predicted molar refractivity (Wildman–Crippen MR) is 188 cm³/mol. The van der Waals surface area contributed by atoms with Crippen LogP contribution in [0.3, 0.4) is 0 Å². The van der Waals surface area contributed by atoms with E-state index in [1.165, 1.54) is 71.0 Å². The van der Waals surface area contributed by atoms with Gasteiger partial charge in [-0.3, -0.25) is 0 Å². The van der Waals surface area contributed by atoms with E-state index in [4.69, 9.17) is 4.42 Å². The van der Waals surface area contributed by atoms with Gasteiger partial charge in [-0.1, -0.05) is 78.9 Å². The smallest absolute Gasteiger partial charge is 0.135 e. The van der Waals surface area contributed by atoms with E-state index in [9.17, 15) is 0 Å². The lowest BCUT2D eigenvalue weighted by atomic mass is 9.98. The highest BCUT2D eigenvalue weighted by atomic mass is 16.3. The Bertz CT molecular complexity index is 2850. The molecule has 11 aromatic rings. The fourth-order valence-electron chi connectivity index (χ4n) is 7.90. The number of nitrogens with zero attached hydrogens (tertiary/aromatic N) is 2. The Hall–Kier alpha value is -6.06. The van der Waals surface area contributed by atoms with E-state index in [0.717, 1.165) is 27.6 Å². The number of benzene rings is 7. The van der Waals surface area contributed by atoms with Crippen molar-refractivity contribution in [2.45, 2.75) is 0 Å². The zero-order valence-electron chi connectivity index (χ0n) is 24.2. The molecular weight excluding hydrogens is 548 g/mol. The molecule has 3 heteroatoms. The quantitative estimate of drug-likeness (QED) is 0.202. The van der Waals surface area contributed by atoms with Gasteiger partial charge in [-0.2, -0.15) is 0 Å². The van der Waals surface area contributed by atoms with Gasteiger partial charge in [0.2, 0.25) is 0 Å². The van der Waals surface area contributed by atoms with E-state index < -0.39 is 0 Å². The Balaban J connectivity index is 1.17. The highest BCUT2D eigenvalue weighted by molar-refractivity contribution is 6.24. The molecule has 0 saturated heterocycles. The van der Waals surface area contributed by atoms with Gasteiger partial charge in [0.15, 0.2) is 0 Å². The minimum atomic E-state index is 0.901. The molecule has 0 saturated carbocycles. The Kier molecular flexibility index (Phi) is 4.32. The van der Waals surface area contributed by atoms with Crippen LogP contribution in [-0.4, -0.2) is 8.97 Å². The van der Waals surface area contributed by atoms with Crippen LogP contribution in [0, 0.1) is 0 Å². The Morgan fingerprint density at radius 1 is 0.356 bits per heavy atom. The van der Waals surface area contributed by atoms with E-state index in [-0.39, 0.29) is 0 Å². The van der Waals surface area contributed by atoms with Gasteiger partial charge in [0.05, 0.1) is 27.6 Å². The lowest BCUT2D eigenvalue weighted by Crippen LogP contribution is -1.93. The van der Waals surface area contributed by atoms with Crippen molar-refractivity contribution in [1.82, 2.24) is 8.97 Å². The van der Waals surface area contributed by atoms with Gasteiger partial charge in [-0.25, -0.2) is 0 Å². The van der Waals surface area contributed by atoms with Crippen LogP contribution in [0.2, 0.25) is 0 Å². The maximum atomic E-state index is 6.39. The van der Waals surface area contributed by atoms with Gasteiger partial charge in [0.1, 0.15) is 11.2 Å². The van der Waals surface area contributed by atoms with E-state index in [2.05, 4.69) is 155 Å². The first-order valence-corrected chi connectivity index (χ1v) is 15.4. The minimum Gasteiger partial charge on any atom is -0.456 e. The average Bonchev–Trinajstić information content (AvgIpc) is 3.83. The van der Waals surface area contributed by atoms with Gasteiger partial charge in [-0.15, -0.1) is 0 Å². The van der Waals surface area contributed by atoms with Crippen LogP contribution < -0.4 is 0 Å². The molecule has 0 radical (unpaired) electrons. The van der Waals surface area contributed by atoms with Gasteiger partial charge in [-0.05, 0) is 77.9 Å². The lowest BCUT2D eigenvalue weighted by molar-refractivity contribution is 0.669. The minimum absolute atomic E-state index is 0.901. The van der Waals surface area contributed by atoms with Crippen molar-refractivity contribution < 1.29 is 4.42 Å². The van der Waals surface area contributed by atoms with E-state index in [1.807, 2.05) is 0 Å². The number of rotatable bonds is 2. The van der Waals surface area contributed by atoms with E-state index in [1.54, 1.807) is 0 Å². The van der Waals surface area contributed by atoms with Crippen LogP contribution in [0.1, 0.15) is 0 Å². The SMILES string of the molecule is c1ccc2c(c1)c1ccccc1n2-c1ccc2oc3ccc(-c4cc5c6ccccc6n6c7ccccc7c(c4)c56)cc3c2c1. The topological polar surface area (TPSA) is 22.5 Å². The van der Waals surface area contributed by atoms with Crippen molar-refractivity contribution in [3.63, 3.8) is 0 Å². The molecule has 0 amide bonds. The molecule has 0 aliphatic carbocycles. The third kappa shape index (κ3) is 2.99. The van der Waals surface area contributed by atoms with Crippen LogP contribution in [0.15, 0.2) is 150 Å². The molecule has 208 valence electrons. The highest BCUT2D eigenvalue weighted by Gasteiger charge is 2.19. The summed E-state index contributed by atoms with van der Waals surface area (Å²) in [6.07, 6.45) is 0. The zero-order valence-corrected chi connectivity index (χ0v) is 24.2. The van der Waals surface area contributed by atoms with E-state index >= 15 is 0 Å². The first-order valence-electron chi connectivity index (χ1n) is 15.4. The van der Waals surface area contributed by atoms with Gasteiger partial charge < -0.3 is 13.4 Å². The van der Waals surface area contributed by atoms with Crippen molar-refractivity contribution in [3.8, 4) is 16.8 Å². The summed E-state index contributed by atoms with van der Waals surface area (Å²) in [7, 11) is 0. The normalized spacial score (nSPS) is 12.4. The zero-order chi connectivity index (χ0) is 29.2. The number of hydrogen-bond acceptors (Lipinski definition) is 1. The van der Waals surface area contributed by atoms with Crippen LogP contribution in [0.4, 0.5) is 0 Å². The molecule has 11 rings (SSSR count). The number of aromatic nitrogens is 2. The van der Waals surface area contributed by atoms with Gasteiger partial charge in [0.25, 0.3) is 0 Å². The summed E-state index contributed by atoms with van der Waals surface area (Å²) in [5, 5.41) is 9.94. The molecule has 0 N–H and O–H groups in total. The summed E-state index contributed by atoms with van der Waals surface area (Å²) in [4.78, 5) is 0.